The summed E-state index contributed by atoms with van der Waals surface area (Å²) >= 11 is 5.90. The van der Waals surface area contributed by atoms with Crippen molar-refractivity contribution in [3.8, 4) is 0 Å². The smallest absolute Gasteiger partial charge is 0.286 e. The third-order valence-electron chi connectivity index (χ3n) is 2.39. The van der Waals surface area contributed by atoms with Crippen LogP contribution in [0.2, 0.25) is 5.02 Å². The maximum atomic E-state index is 13.5. The lowest BCUT2D eigenvalue weighted by atomic mass is 10.1. The van der Waals surface area contributed by atoms with Gasteiger partial charge in [-0.2, -0.15) is 0 Å². The predicted octanol–water partition coefficient (Wildman–Crippen LogP) is 2.61. The van der Waals surface area contributed by atoms with Gasteiger partial charge in [-0.25, -0.2) is 4.39 Å². The molecule has 90 valence electrons. The van der Waals surface area contributed by atoms with Crippen molar-refractivity contribution in [2.24, 2.45) is 0 Å². The summed E-state index contributed by atoms with van der Waals surface area (Å²) in [5.41, 5.74) is 0.301. The van der Waals surface area contributed by atoms with E-state index in [0.29, 0.717) is 10.6 Å². The first-order valence-corrected chi connectivity index (χ1v) is 5.04. The van der Waals surface area contributed by atoms with Crippen molar-refractivity contribution >= 4 is 11.6 Å². The molecule has 0 fully saturated rings. The molecule has 0 bridgehead atoms. The predicted molar refractivity (Wildman–Crippen MR) is 58.9 cm³/mol. The molecule has 5 heteroatoms. The summed E-state index contributed by atoms with van der Waals surface area (Å²) in [6.07, 6.45) is 0.0714. The van der Waals surface area contributed by atoms with Crippen LogP contribution in [-0.4, -0.2) is 27.3 Å². The molecule has 0 saturated heterocycles. The molecule has 0 spiro atoms. The highest BCUT2D eigenvalue weighted by Gasteiger charge is 2.32. The van der Waals surface area contributed by atoms with E-state index >= 15 is 0 Å². The van der Waals surface area contributed by atoms with Gasteiger partial charge in [0.05, 0.1) is 6.42 Å². The van der Waals surface area contributed by atoms with Gasteiger partial charge in [-0.15, -0.1) is 0 Å². The third kappa shape index (κ3) is 2.71. The fraction of sp³-hybridized carbons (Fsp3) is 0.455. The summed E-state index contributed by atoms with van der Waals surface area (Å²) < 4.78 is 28.8. The molecule has 1 rings (SSSR count). The second kappa shape index (κ2) is 5.59. The molecule has 0 amide bonds. The molecule has 0 heterocycles. The molecule has 0 aliphatic carbocycles. The van der Waals surface area contributed by atoms with Crippen LogP contribution < -0.4 is 0 Å². The fourth-order valence-corrected chi connectivity index (χ4v) is 1.61. The van der Waals surface area contributed by atoms with Gasteiger partial charge in [0, 0.05) is 31.9 Å². The van der Waals surface area contributed by atoms with Gasteiger partial charge in [0.1, 0.15) is 5.82 Å². The first-order chi connectivity index (χ1) is 7.58. The zero-order valence-electron chi connectivity index (χ0n) is 9.42. The van der Waals surface area contributed by atoms with Gasteiger partial charge < -0.3 is 14.2 Å². The maximum absolute atomic E-state index is 13.5. The quantitative estimate of drug-likeness (QED) is 0.750. The number of benzene rings is 1. The number of hydrogen-bond donors (Lipinski definition) is 0. The summed E-state index contributed by atoms with van der Waals surface area (Å²) in [4.78, 5) is 0. The minimum atomic E-state index is -1.31. The Hall–Kier alpha value is -0.680. The molecule has 16 heavy (non-hydrogen) atoms. The lowest BCUT2D eigenvalue weighted by Crippen LogP contribution is -2.38. The number of ether oxygens (including phenoxy) is 3. The van der Waals surface area contributed by atoms with Gasteiger partial charge >= 0.3 is 0 Å². The average Bonchev–Trinajstić information content (AvgIpc) is 2.30. The monoisotopic (exact) mass is 248 g/mol. The van der Waals surface area contributed by atoms with Gasteiger partial charge in [0.25, 0.3) is 5.97 Å². The number of halogens is 2. The van der Waals surface area contributed by atoms with Gasteiger partial charge in [0.2, 0.25) is 0 Å². The Kier molecular flexibility index (Phi) is 4.68. The van der Waals surface area contributed by atoms with Crippen LogP contribution in [0.5, 0.6) is 0 Å². The van der Waals surface area contributed by atoms with E-state index in [1.165, 1.54) is 33.5 Å². The Balaban J connectivity index is 3.02. The van der Waals surface area contributed by atoms with Crippen LogP contribution >= 0.6 is 11.6 Å². The highest BCUT2D eigenvalue weighted by atomic mass is 35.5. The first kappa shape index (κ1) is 13.4. The number of rotatable bonds is 5. The number of methoxy groups -OCH3 is 3. The van der Waals surface area contributed by atoms with E-state index in [2.05, 4.69) is 0 Å². The van der Waals surface area contributed by atoms with E-state index in [0.717, 1.165) is 0 Å². The lowest BCUT2D eigenvalue weighted by molar-refractivity contribution is -0.351. The molecular weight excluding hydrogens is 235 g/mol. The minimum Gasteiger partial charge on any atom is -0.331 e. The molecular formula is C11H14ClFO3. The summed E-state index contributed by atoms with van der Waals surface area (Å²) in [6, 6.07) is 4.47. The van der Waals surface area contributed by atoms with Gasteiger partial charge in [-0.05, 0) is 12.1 Å². The van der Waals surface area contributed by atoms with Crippen molar-refractivity contribution in [3.63, 3.8) is 0 Å². The highest BCUT2D eigenvalue weighted by molar-refractivity contribution is 6.31. The van der Waals surface area contributed by atoms with E-state index in [1.807, 2.05) is 0 Å². The Labute approximate surface area is 99.1 Å². The Bertz CT molecular complexity index is 325. The largest absolute Gasteiger partial charge is 0.331 e. The van der Waals surface area contributed by atoms with Gasteiger partial charge in [-0.1, -0.05) is 17.7 Å². The molecule has 0 unspecified atom stereocenters. The van der Waals surface area contributed by atoms with E-state index in [4.69, 9.17) is 25.8 Å². The standard InChI is InChI=1S/C11H14ClFO3/c1-14-11(15-2,16-3)7-8-9(12)5-4-6-10(8)13/h4-6H,7H2,1-3H3. The molecule has 0 aliphatic rings. The van der Waals surface area contributed by atoms with Crippen molar-refractivity contribution in [3.05, 3.63) is 34.6 Å². The van der Waals surface area contributed by atoms with Crippen LogP contribution in [0.4, 0.5) is 4.39 Å². The van der Waals surface area contributed by atoms with Crippen molar-refractivity contribution in [2.45, 2.75) is 12.4 Å². The second-order valence-corrected chi connectivity index (χ2v) is 3.58. The normalized spacial score (nSPS) is 11.8. The zero-order valence-corrected chi connectivity index (χ0v) is 10.2. The summed E-state index contributed by atoms with van der Waals surface area (Å²) in [5, 5.41) is 0.315. The Morgan fingerprint density at radius 1 is 1.19 bits per heavy atom. The van der Waals surface area contributed by atoms with E-state index in [-0.39, 0.29) is 6.42 Å². The van der Waals surface area contributed by atoms with Crippen molar-refractivity contribution in [1.29, 1.82) is 0 Å². The van der Waals surface area contributed by atoms with Gasteiger partial charge in [0.15, 0.2) is 0 Å². The van der Waals surface area contributed by atoms with Crippen LogP contribution in [0.15, 0.2) is 18.2 Å². The molecule has 0 N–H and O–H groups in total. The Morgan fingerprint density at radius 2 is 1.75 bits per heavy atom. The van der Waals surface area contributed by atoms with Crippen LogP contribution in [0.1, 0.15) is 5.56 Å². The molecule has 0 aliphatic heterocycles. The van der Waals surface area contributed by atoms with Crippen molar-refractivity contribution < 1.29 is 18.6 Å². The second-order valence-electron chi connectivity index (χ2n) is 3.17. The molecule has 0 saturated carbocycles. The fourth-order valence-electron chi connectivity index (χ4n) is 1.38. The summed E-state index contributed by atoms with van der Waals surface area (Å²) in [5.74, 6) is -1.73. The van der Waals surface area contributed by atoms with Crippen LogP contribution in [0.3, 0.4) is 0 Å². The van der Waals surface area contributed by atoms with Crippen molar-refractivity contribution in [2.75, 3.05) is 21.3 Å². The zero-order chi connectivity index (χ0) is 12.2. The topological polar surface area (TPSA) is 27.7 Å². The lowest BCUT2D eigenvalue weighted by Gasteiger charge is -2.29. The van der Waals surface area contributed by atoms with E-state index in [1.54, 1.807) is 6.07 Å². The molecule has 0 radical (unpaired) electrons. The molecule has 3 nitrogen and oxygen atoms in total. The van der Waals surface area contributed by atoms with Gasteiger partial charge in [-0.3, -0.25) is 0 Å². The number of hydrogen-bond acceptors (Lipinski definition) is 3. The maximum Gasteiger partial charge on any atom is 0.286 e. The minimum absolute atomic E-state index is 0.0714. The molecule has 0 atom stereocenters. The third-order valence-corrected chi connectivity index (χ3v) is 2.74. The van der Waals surface area contributed by atoms with E-state index in [9.17, 15) is 4.39 Å². The van der Waals surface area contributed by atoms with Crippen LogP contribution in [-0.2, 0) is 20.6 Å². The molecule has 1 aromatic rings. The molecule has 0 aromatic heterocycles. The average molecular weight is 249 g/mol. The summed E-state index contributed by atoms with van der Waals surface area (Å²) in [7, 11) is 4.26. The molecule has 1 aromatic carbocycles. The van der Waals surface area contributed by atoms with Crippen LogP contribution in [0, 0.1) is 5.82 Å². The SMILES string of the molecule is COC(Cc1c(F)cccc1Cl)(OC)OC. The Morgan fingerprint density at radius 3 is 2.19 bits per heavy atom. The first-order valence-electron chi connectivity index (χ1n) is 4.67. The van der Waals surface area contributed by atoms with Crippen LogP contribution in [0.25, 0.3) is 0 Å². The highest BCUT2D eigenvalue weighted by Crippen LogP contribution is 2.26. The van der Waals surface area contributed by atoms with Crippen molar-refractivity contribution in [1.82, 2.24) is 0 Å². The van der Waals surface area contributed by atoms with E-state index < -0.39 is 11.8 Å². The summed E-state index contributed by atoms with van der Waals surface area (Å²) in [6.45, 7) is 0.